The number of aromatic amines is 3. The summed E-state index contributed by atoms with van der Waals surface area (Å²) >= 11 is 0. The van der Waals surface area contributed by atoms with Gasteiger partial charge in [0.2, 0.25) is 17.1 Å². The second-order valence-corrected chi connectivity index (χ2v) is 17.4. The zero-order chi connectivity index (χ0) is 49.4. The number of aliphatic hydroxyl groups is 1. The Hall–Kier alpha value is -6.38. The molecule has 362 valence electrons. The van der Waals surface area contributed by atoms with Crippen LogP contribution >= 0.6 is 0 Å². The number of alkyl halides is 3. The van der Waals surface area contributed by atoms with Crippen LogP contribution in [-0.4, -0.2) is 41.6 Å². The summed E-state index contributed by atoms with van der Waals surface area (Å²) in [7, 11) is 0. The molecule has 0 bridgehead atoms. The van der Waals surface area contributed by atoms with Gasteiger partial charge in [-0.25, -0.2) is 27.6 Å². The van der Waals surface area contributed by atoms with Crippen LogP contribution in [0.2, 0.25) is 0 Å². The van der Waals surface area contributed by atoms with Crippen molar-refractivity contribution in [3.05, 3.63) is 127 Å². The molecule has 6 aromatic heterocycles. The number of aromatic nitrogens is 6. The number of hydrogen-bond donors (Lipinski definition) is 4. The van der Waals surface area contributed by atoms with E-state index in [2.05, 4.69) is 50.7 Å². The van der Waals surface area contributed by atoms with Gasteiger partial charge in [0.15, 0.2) is 18.5 Å². The van der Waals surface area contributed by atoms with Gasteiger partial charge in [-0.1, -0.05) is 27.2 Å². The van der Waals surface area contributed by atoms with Crippen LogP contribution in [0.25, 0.3) is 33.3 Å². The lowest BCUT2D eigenvalue weighted by Gasteiger charge is -2.22. The number of H-pyrrole nitrogens is 3. The maximum atomic E-state index is 13.3. The van der Waals surface area contributed by atoms with E-state index in [4.69, 9.17) is 13.3 Å². The number of nitrogens with zero attached hydrogens (tertiary/aromatic N) is 3. The van der Waals surface area contributed by atoms with Crippen LogP contribution < -0.4 is 33.6 Å². The Balaban J connectivity index is 0.000000188. The van der Waals surface area contributed by atoms with E-state index in [9.17, 15) is 55.8 Å². The average molecular weight is 945 g/mol. The van der Waals surface area contributed by atoms with Gasteiger partial charge in [0, 0.05) is 24.8 Å². The predicted octanol–water partition coefficient (Wildman–Crippen LogP) is 8.29. The van der Waals surface area contributed by atoms with Crippen molar-refractivity contribution in [2.24, 2.45) is 10.8 Å². The molecule has 67 heavy (non-hydrogen) atoms. The van der Waals surface area contributed by atoms with Gasteiger partial charge in [0.05, 0.1) is 0 Å². The lowest BCUT2D eigenvalue weighted by atomic mass is 9.84. The first kappa shape index (κ1) is 51.6. The SMILES string of the molecule is CC(F)c1nc2oc(=O)cc(CCCC3(CO)CC3)c2c(=O)[nH]1.CC(F)c1nc2oc(=O)cc(CCCC=C(F)F)c2c(=O)[nH]1.CCC(C)(C)CCc1cc(=O)oc2nc(C(C)F)[nH]c(=O)c12. The van der Waals surface area contributed by atoms with E-state index in [-0.39, 0.29) is 81.1 Å². The number of unbranched alkanes of at least 4 members (excludes halogenated alkanes) is 1. The van der Waals surface area contributed by atoms with Crippen molar-refractivity contribution < 1.29 is 40.3 Å². The summed E-state index contributed by atoms with van der Waals surface area (Å²) in [6.07, 6.45) is 1.72. The third kappa shape index (κ3) is 13.6. The van der Waals surface area contributed by atoms with Crippen LogP contribution in [0, 0.1) is 10.8 Å². The molecule has 6 heterocycles. The van der Waals surface area contributed by atoms with Crippen molar-refractivity contribution >= 4 is 33.3 Å². The zero-order valence-corrected chi connectivity index (χ0v) is 37.9. The second-order valence-electron chi connectivity index (χ2n) is 17.4. The fourth-order valence-corrected chi connectivity index (χ4v) is 7.12. The number of halogens is 5. The minimum atomic E-state index is -1.78. The van der Waals surface area contributed by atoms with Gasteiger partial charge >= 0.3 is 16.9 Å². The first-order valence-corrected chi connectivity index (χ1v) is 21.8. The summed E-state index contributed by atoms with van der Waals surface area (Å²) in [5.41, 5.74) is -2.38. The lowest BCUT2D eigenvalue weighted by Crippen LogP contribution is -2.18. The lowest BCUT2D eigenvalue weighted by molar-refractivity contribution is 0.201. The minimum Gasteiger partial charge on any atom is -0.403 e. The molecular formula is C46H53F5N6O10. The highest BCUT2D eigenvalue weighted by molar-refractivity contribution is 5.77. The van der Waals surface area contributed by atoms with Gasteiger partial charge in [-0.3, -0.25) is 14.4 Å². The number of rotatable bonds is 16. The maximum Gasteiger partial charge on any atom is 0.337 e. The van der Waals surface area contributed by atoms with E-state index in [1.807, 2.05) is 0 Å². The summed E-state index contributed by atoms with van der Waals surface area (Å²) in [5.74, 6) is -0.521. The smallest absolute Gasteiger partial charge is 0.337 e. The van der Waals surface area contributed by atoms with Crippen LogP contribution in [-0.2, 0) is 19.3 Å². The van der Waals surface area contributed by atoms with Crippen LogP contribution in [0.15, 0.2) is 72.4 Å². The van der Waals surface area contributed by atoms with Gasteiger partial charge in [-0.05, 0) is 119 Å². The Morgan fingerprint density at radius 1 is 0.687 bits per heavy atom. The van der Waals surface area contributed by atoms with Crippen LogP contribution in [0.5, 0.6) is 0 Å². The molecule has 7 rings (SSSR count). The number of fused-ring (bicyclic) bond motifs is 3. The summed E-state index contributed by atoms with van der Waals surface area (Å²) in [6.45, 7) is 10.2. The number of aliphatic hydroxyl groups excluding tert-OH is 1. The fourth-order valence-electron chi connectivity index (χ4n) is 7.12. The van der Waals surface area contributed by atoms with Crippen molar-refractivity contribution in [2.45, 2.75) is 131 Å². The zero-order valence-electron chi connectivity index (χ0n) is 37.9. The van der Waals surface area contributed by atoms with Gasteiger partial charge in [0.1, 0.15) is 33.6 Å². The van der Waals surface area contributed by atoms with Crippen molar-refractivity contribution in [1.82, 2.24) is 29.9 Å². The first-order valence-electron chi connectivity index (χ1n) is 21.8. The molecule has 1 fully saturated rings. The topological polar surface area (TPSA) is 248 Å². The standard InChI is InChI=1S/C16H19FN2O4.C16H21FN2O3.C14H13F3N2O3/c1-9(17)13-18-14(22)12-10(7-11(21)23-15(12)19-13)3-2-4-16(8-20)5-6-16;1-5-16(3,4)7-6-10-8-11(20)22-15-12(10)14(21)18-13(19-15)9(2)17;1-7(15)12-18-13(21)11-8(4-2-3-5-9(16)17)6-10(20)22-14(11)19-12/h7,9,20H,2-6,8H2,1H3,(H,18,19,22);8-9H,5-7H2,1-4H3,(H,18,19,21);5-7H,2-4H2,1H3,(H,18,19,21). The maximum absolute atomic E-state index is 13.3. The number of aryl methyl sites for hydroxylation is 3. The third-order valence-electron chi connectivity index (χ3n) is 11.7. The molecule has 0 aromatic carbocycles. The fraction of sp³-hybridized carbons (Fsp3) is 0.500. The molecule has 0 spiro atoms. The van der Waals surface area contributed by atoms with Crippen molar-refractivity contribution in [3.63, 3.8) is 0 Å². The highest BCUT2D eigenvalue weighted by Gasteiger charge is 2.41. The molecule has 6 aromatic rings. The predicted molar refractivity (Wildman–Crippen MR) is 239 cm³/mol. The summed E-state index contributed by atoms with van der Waals surface area (Å²) < 4.78 is 78.6. The minimum absolute atomic E-state index is 0.0246. The van der Waals surface area contributed by atoms with Crippen molar-refractivity contribution in [2.75, 3.05) is 6.61 Å². The number of hydrogen-bond acceptors (Lipinski definition) is 13. The van der Waals surface area contributed by atoms with Gasteiger partial charge < -0.3 is 33.3 Å². The van der Waals surface area contributed by atoms with Crippen LogP contribution in [0.4, 0.5) is 22.0 Å². The molecule has 3 unspecified atom stereocenters. The first-order chi connectivity index (χ1) is 31.5. The largest absolute Gasteiger partial charge is 0.403 e. The molecule has 0 radical (unpaired) electrons. The van der Waals surface area contributed by atoms with Crippen molar-refractivity contribution in [3.8, 4) is 0 Å². The van der Waals surface area contributed by atoms with Crippen molar-refractivity contribution in [1.29, 1.82) is 0 Å². The number of allylic oxidation sites excluding steroid dienone is 1. The average Bonchev–Trinajstić information content (AvgIpc) is 4.03. The second kappa shape index (κ2) is 21.9. The summed E-state index contributed by atoms with van der Waals surface area (Å²) in [6, 6.07) is 3.73. The molecule has 16 nitrogen and oxygen atoms in total. The van der Waals surface area contributed by atoms with Gasteiger partial charge in [-0.15, -0.1) is 0 Å². The molecule has 1 aliphatic carbocycles. The Kier molecular flexibility index (Phi) is 16.9. The van der Waals surface area contributed by atoms with Crippen LogP contribution in [0.1, 0.15) is 146 Å². The molecule has 3 atom stereocenters. The van der Waals surface area contributed by atoms with Crippen LogP contribution in [0.3, 0.4) is 0 Å². The monoisotopic (exact) mass is 944 g/mol. The molecule has 0 amide bonds. The molecule has 4 N–H and O–H groups in total. The van der Waals surface area contributed by atoms with E-state index >= 15 is 0 Å². The van der Waals surface area contributed by atoms with E-state index < -0.39 is 58.2 Å². The highest BCUT2D eigenvalue weighted by atomic mass is 19.3. The Morgan fingerprint density at radius 2 is 1.06 bits per heavy atom. The Morgan fingerprint density at radius 3 is 1.39 bits per heavy atom. The highest BCUT2D eigenvalue weighted by Crippen LogP contribution is 2.49. The Bertz CT molecular complexity index is 3110. The molecule has 0 aliphatic heterocycles. The van der Waals surface area contributed by atoms with Gasteiger partial charge in [-0.2, -0.15) is 23.7 Å². The van der Waals surface area contributed by atoms with E-state index in [0.29, 0.717) is 36.0 Å². The quantitative estimate of drug-likeness (QED) is 0.0527. The Labute approximate surface area is 377 Å². The summed E-state index contributed by atoms with van der Waals surface area (Å²) in [5, 5.41) is 9.80. The van der Waals surface area contributed by atoms with E-state index in [0.717, 1.165) is 50.7 Å². The molecule has 21 heteroatoms. The molecule has 1 saturated carbocycles. The van der Waals surface area contributed by atoms with Gasteiger partial charge in [0.25, 0.3) is 22.8 Å². The summed E-state index contributed by atoms with van der Waals surface area (Å²) in [4.78, 5) is 90.0. The molecular weight excluding hydrogens is 892 g/mol. The number of nitrogens with one attached hydrogen (secondary N) is 3. The third-order valence-corrected chi connectivity index (χ3v) is 11.7. The molecule has 0 saturated heterocycles. The molecule has 1 aliphatic rings. The van der Waals surface area contributed by atoms with E-state index in [1.165, 1.54) is 32.9 Å². The van der Waals surface area contributed by atoms with E-state index in [1.54, 1.807) is 0 Å². The normalized spacial score (nSPS) is 14.4.